The van der Waals surface area contributed by atoms with Crippen LogP contribution in [0.4, 0.5) is 17.6 Å². The molecule has 4 rings (SSSR count). The second-order valence-corrected chi connectivity index (χ2v) is 10.3. The number of Topliss-reactive ketones (excluding diaryl/α,β-unsaturated/α-hetero) is 1. The fourth-order valence-electron chi connectivity index (χ4n) is 4.82. The number of pyridine rings is 1. The van der Waals surface area contributed by atoms with Crippen molar-refractivity contribution in [2.75, 3.05) is 32.5 Å². The molecule has 0 bridgehead atoms. The third-order valence-electron chi connectivity index (χ3n) is 6.83. The molecule has 1 aromatic heterocycles. The van der Waals surface area contributed by atoms with E-state index in [-0.39, 0.29) is 35.8 Å². The van der Waals surface area contributed by atoms with Gasteiger partial charge in [0.1, 0.15) is 11.6 Å². The number of likely N-dealkylation sites (tertiary alicyclic amines) is 1. The first kappa shape index (κ1) is 27.8. The number of fused-ring (bicyclic) bond motifs is 1. The van der Waals surface area contributed by atoms with E-state index < -0.39 is 40.9 Å². The Morgan fingerprint density at radius 3 is 2.68 bits per heavy atom. The summed E-state index contributed by atoms with van der Waals surface area (Å²) in [4.78, 5) is 30.9. The molecule has 38 heavy (non-hydrogen) atoms. The van der Waals surface area contributed by atoms with Crippen LogP contribution in [0.15, 0.2) is 41.4 Å². The molecule has 0 saturated carbocycles. The van der Waals surface area contributed by atoms with Crippen LogP contribution in [-0.2, 0) is 4.79 Å². The molecule has 202 valence electrons. The lowest BCUT2D eigenvalue weighted by Gasteiger charge is -2.36. The zero-order chi connectivity index (χ0) is 27.4. The summed E-state index contributed by atoms with van der Waals surface area (Å²) >= 11 is 0.958. The predicted octanol–water partition coefficient (Wildman–Crippen LogP) is 5.58. The van der Waals surface area contributed by atoms with Crippen LogP contribution in [0.25, 0.3) is 10.9 Å². The number of aliphatic carboxylic acids is 1. The minimum absolute atomic E-state index is 0.0258. The molecular weight excluding hydrogens is 524 g/mol. The number of carboxylic acids is 1. The molecule has 2 aromatic carbocycles. The number of benzene rings is 2. The van der Waals surface area contributed by atoms with Crippen LogP contribution in [-0.4, -0.2) is 59.2 Å². The van der Waals surface area contributed by atoms with Gasteiger partial charge in [-0.25, -0.2) is 17.6 Å². The van der Waals surface area contributed by atoms with E-state index in [0.29, 0.717) is 48.0 Å². The van der Waals surface area contributed by atoms with Gasteiger partial charge in [-0.1, -0.05) is 0 Å². The molecule has 1 fully saturated rings. The topological polar surface area (TPSA) is 79.7 Å². The van der Waals surface area contributed by atoms with Gasteiger partial charge in [-0.05, 0) is 49.6 Å². The Morgan fingerprint density at radius 1 is 1.16 bits per heavy atom. The average molecular weight is 551 g/mol. The summed E-state index contributed by atoms with van der Waals surface area (Å²) in [6, 6.07) is 6.27. The Hall–Kier alpha value is -3.18. The van der Waals surface area contributed by atoms with Crippen molar-refractivity contribution >= 4 is 34.4 Å². The highest BCUT2D eigenvalue weighted by atomic mass is 32.2. The number of aromatic nitrogens is 1. The number of carbonyl (C=O) groups is 2. The average Bonchev–Trinajstić information content (AvgIpc) is 2.89. The molecule has 1 N–H and O–H groups in total. The van der Waals surface area contributed by atoms with Gasteiger partial charge in [-0.2, -0.15) is 0 Å². The Labute approximate surface area is 221 Å². The van der Waals surface area contributed by atoms with Crippen LogP contribution in [0, 0.1) is 35.1 Å². The highest BCUT2D eigenvalue weighted by Gasteiger charge is 2.34. The quantitative estimate of drug-likeness (QED) is 0.153. The summed E-state index contributed by atoms with van der Waals surface area (Å²) in [5.41, 5.74) is 0.363. The maximum absolute atomic E-state index is 14.6. The SMILES string of the molecule is COc1ccc2ncc(F)c(C(=O)CCC3CCN(CCSc4cc(F)cc(F)c4F)CC3C(=O)O)c2c1. The van der Waals surface area contributed by atoms with E-state index in [1.54, 1.807) is 18.2 Å². The van der Waals surface area contributed by atoms with Crippen molar-refractivity contribution in [3.63, 3.8) is 0 Å². The van der Waals surface area contributed by atoms with Crippen molar-refractivity contribution in [3.05, 3.63) is 65.4 Å². The van der Waals surface area contributed by atoms with E-state index in [1.165, 1.54) is 7.11 Å². The number of piperidine rings is 1. The largest absolute Gasteiger partial charge is 0.497 e. The van der Waals surface area contributed by atoms with Crippen molar-refractivity contribution in [2.24, 2.45) is 11.8 Å². The smallest absolute Gasteiger partial charge is 0.308 e. The van der Waals surface area contributed by atoms with Crippen molar-refractivity contribution in [1.82, 2.24) is 9.88 Å². The zero-order valence-electron chi connectivity index (χ0n) is 20.6. The van der Waals surface area contributed by atoms with Crippen LogP contribution in [0.5, 0.6) is 5.75 Å². The van der Waals surface area contributed by atoms with Gasteiger partial charge in [0.2, 0.25) is 0 Å². The number of thioether (sulfide) groups is 1. The predicted molar refractivity (Wildman–Crippen MR) is 135 cm³/mol. The van der Waals surface area contributed by atoms with Crippen molar-refractivity contribution in [1.29, 1.82) is 0 Å². The number of ketones is 1. The second kappa shape index (κ2) is 12.1. The summed E-state index contributed by atoms with van der Waals surface area (Å²) in [6.45, 7) is 1.17. The monoisotopic (exact) mass is 550 g/mol. The van der Waals surface area contributed by atoms with Crippen LogP contribution >= 0.6 is 11.8 Å². The Balaban J connectivity index is 1.37. The Bertz CT molecular complexity index is 1360. The lowest BCUT2D eigenvalue weighted by Crippen LogP contribution is -2.44. The Morgan fingerprint density at radius 2 is 1.95 bits per heavy atom. The minimum Gasteiger partial charge on any atom is -0.497 e. The first-order valence-electron chi connectivity index (χ1n) is 12.1. The molecule has 3 aromatic rings. The van der Waals surface area contributed by atoms with Gasteiger partial charge in [-0.3, -0.25) is 14.6 Å². The number of halogens is 4. The number of ether oxygens (including phenoxy) is 1. The summed E-state index contributed by atoms with van der Waals surface area (Å²) in [6.07, 6.45) is 1.76. The number of hydrogen-bond donors (Lipinski definition) is 1. The molecule has 1 aliphatic heterocycles. The van der Waals surface area contributed by atoms with E-state index in [4.69, 9.17) is 4.74 Å². The standard InChI is InChI=1S/C27H26F4N2O4S/c1-37-17-3-4-22-18(12-17)25(21(30)13-32-22)23(34)5-2-15-6-7-33(14-19(15)27(35)36)8-9-38-24-11-16(28)10-20(29)26(24)31/h3-4,10-13,15,19H,2,5-9,14H2,1H3,(H,35,36). The number of hydrogen-bond acceptors (Lipinski definition) is 6. The number of carbonyl (C=O) groups excluding carboxylic acids is 1. The lowest BCUT2D eigenvalue weighted by atomic mass is 9.81. The molecular formula is C27H26F4N2O4S. The molecule has 1 saturated heterocycles. The number of nitrogens with zero attached hydrogens (tertiary/aromatic N) is 2. The van der Waals surface area contributed by atoms with Crippen LogP contribution in [0.1, 0.15) is 29.6 Å². The van der Waals surface area contributed by atoms with Crippen molar-refractivity contribution < 1.29 is 37.0 Å². The minimum atomic E-state index is -1.26. The summed E-state index contributed by atoms with van der Waals surface area (Å²) in [5.74, 6) is -5.68. The molecule has 11 heteroatoms. The molecule has 2 heterocycles. The third-order valence-corrected chi connectivity index (χ3v) is 7.83. The van der Waals surface area contributed by atoms with E-state index in [9.17, 15) is 32.3 Å². The maximum Gasteiger partial charge on any atom is 0.308 e. The fourth-order valence-corrected chi connectivity index (χ4v) is 5.81. The van der Waals surface area contributed by atoms with Gasteiger partial charge in [0, 0.05) is 41.6 Å². The number of rotatable bonds is 10. The summed E-state index contributed by atoms with van der Waals surface area (Å²) < 4.78 is 60.5. The molecule has 6 nitrogen and oxygen atoms in total. The number of carboxylic acid groups (broad SMARTS) is 1. The highest BCUT2D eigenvalue weighted by molar-refractivity contribution is 7.99. The van der Waals surface area contributed by atoms with E-state index in [1.807, 2.05) is 4.90 Å². The van der Waals surface area contributed by atoms with Crippen LogP contribution < -0.4 is 4.74 Å². The van der Waals surface area contributed by atoms with Gasteiger partial charge in [-0.15, -0.1) is 11.8 Å². The van der Waals surface area contributed by atoms with Gasteiger partial charge in [0.15, 0.2) is 23.2 Å². The maximum atomic E-state index is 14.6. The first-order chi connectivity index (χ1) is 18.2. The molecule has 2 unspecified atom stereocenters. The normalized spacial score (nSPS) is 18.0. The second-order valence-electron chi connectivity index (χ2n) is 9.17. The molecule has 0 spiro atoms. The third kappa shape index (κ3) is 6.27. The zero-order valence-corrected chi connectivity index (χ0v) is 21.4. The number of methoxy groups -OCH3 is 1. The van der Waals surface area contributed by atoms with Crippen molar-refractivity contribution in [2.45, 2.75) is 24.2 Å². The molecule has 0 amide bonds. The van der Waals surface area contributed by atoms with Crippen LogP contribution in [0.3, 0.4) is 0 Å². The van der Waals surface area contributed by atoms with Gasteiger partial charge in [0.05, 0.1) is 30.3 Å². The van der Waals surface area contributed by atoms with Gasteiger partial charge < -0.3 is 14.7 Å². The summed E-state index contributed by atoms with van der Waals surface area (Å²) in [5, 5.41) is 10.2. The first-order valence-corrected chi connectivity index (χ1v) is 13.0. The molecule has 0 radical (unpaired) electrons. The highest BCUT2D eigenvalue weighted by Crippen LogP contribution is 2.32. The van der Waals surface area contributed by atoms with Gasteiger partial charge >= 0.3 is 5.97 Å². The molecule has 1 aliphatic rings. The Kier molecular flexibility index (Phi) is 8.88. The van der Waals surface area contributed by atoms with Crippen molar-refractivity contribution in [3.8, 4) is 5.75 Å². The van der Waals surface area contributed by atoms with Gasteiger partial charge in [0.25, 0.3) is 0 Å². The summed E-state index contributed by atoms with van der Waals surface area (Å²) in [7, 11) is 1.46. The molecule has 0 aliphatic carbocycles. The fraction of sp³-hybridized carbons (Fsp3) is 0.370. The van der Waals surface area contributed by atoms with E-state index in [2.05, 4.69) is 4.98 Å². The molecule has 2 atom stereocenters. The van der Waals surface area contributed by atoms with E-state index >= 15 is 0 Å². The van der Waals surface area contributed by atoms with E-state index in [0.717, 1.165) is 24.0 Å². The van der Waals surface area contributed by atoms with Crippen LogP contribution in [0.2, 0.25) is 0 Å². The lowest BCUT2D eigenvalue weighted by molar-refractivity contribution is -0.146.